The molecule has 4 saturated carbocycles. The third-order valence-electron chi connectivity index (χ3n) is 8.31. The summed E-state index contributed by atoms with van der Waals surface area (Å²) in [6.45, 7) is 4.90. The van der Waals surface area contributed by atoms with E-state index in [0.29, 0.717) is 17.1 Å². The van der Waals surface area contributed by atoms with Crippen LogP contribution in [0.1, 0.15) is 71.6 Å². The lowest BCUT2D eigenvalue weighted by Crippen LogP contribution is -2.53. The van der Waals surface area contributed by atoms with E-state index in [9.17, 15) is 4.79 Å². The number of rotatable bonds is 0. The predicted molar refractivity (Wildman–Crippen MR) is 89.4 cm³/mol. The molecule has 0 unspecified atom stereocenters. The fourth-order valence-corrected chi connectivity index (χ4v) is 7.66. The maximum Gasteiger partial charge on any atom is 0.139 e. The molecule has 1 nitrogen and oxygen atoms in total. The van der Waals surface area contributed by atoms with Gasteiger partial charge in [0.1, 0.15) is 5.78 Å². The standard InChI is InChI=1S/C19H29BrO/c1-18-9-7-13(20)11-12(18)3-4-14-15-5-6-17(21)19(15,2)10-8-16(14)18/h12-16H,3-11H2,1-2H3/t12-,13+,14-,15-,16-,18-,19-/m0/s1. The molecule has 4 rings (SSSR count). The maximum absolute atomic E-state index is 12.4. The average Bonchev–Trinajstić information content (AvgIpc) is 2.76. The van der Waals surface area contributed by atoms with E-state index in [2.05, 4.69) is 29.8 Å². The van der Waals surface area contributed by atoms with Gasteiger partial charge in [-0.3, -0.25) is 4.79 Å². The highest BCUT2D eigenvalue weighted by Gasteiger charge is 2.59. The van der Waals surface area contributed by atoms with Gasteiger partial charge < -0.3 is 0 Å². The summed E-state index contributed by atoms with van der Waals surface area (Å²) in [5.41, 5.74) is 0.622. The highest BCUT2D eigenvalue weighted by atomic mass is 79.9. The second-order valence-electron chi connectivity index (χ2n) is 8.95. The van der Waals surface area contributed by atoms with Gasteiger partial charge in [-0.05, 0) is 80.5 Å². The zero-order chi connectivity index (χ0) is 14.8. The molecule has 2 heteroatoms. The summed E-state index contributed by atoms with van der Waals surface area (Å²) < 4.78 is 0. The Morgan fingerprint density at radius 1 is 1.00 bits per heavy atom. The van der Waals surface area contributed by atoms with Gasteiger partial charge in [-0.1, -0.05) is 29.8 Å². The van der Waals surface area contributed by atoms with Crippen molar-refractivity contribution >= 4 is 21.7 Å². The van der Waals surface area contributed by atoms with Crippen LogP contribution in [0, 0.1) is 34.5 Å². The lowest BCUT2D eigenvalue weighted by atomic mass is 9.45. The monoisotopic (exact) mass is 352 g/mol. The van der Waals surface area contributed by atoms with E-state index in [0.717, 1.165) is 29.0 Å². The molecule has 7 atom stereocenters. The van der Waals surface area contributed by atoms with Crippen LogP contribution in [0.4, 0.5) is 0 Å². The SMILES string of the molecule is C[C@]12CC[C@@H](Br)C[C@@H]1CC[C@@H]1[C@@H]2CC[C@]2(C)C(=O)CC[C@@H]12. The lowest BCUT2D eigenvalue weighted by molar-refractivity contribution is -0.138. The molecule has 118 valence electrons. The molecule has 0 N–H and O–H groups in total. The number of carbonyl (C=O) groups excluding carboxylic acids is 1. The Morgan fingerprint density at radius 2 is 1.81 bits per heavy atom. The molecule has 21 heavy (non-hydrogen) atoms. The summed E-state index contributed by atoms with van der Waals surface area (Å²) in [5.74, 6) is 3.98. The summed E-state index contributed by atoms with van der Waals surface area (Å²) in [7, 11) is 0. The second-order valence-corrected chi connectivity index (χ2v) is 10.2. The van der Waals surface area contributed by atoms with Crippen LogP contribution in [-0.2, 0) is 4.79 Å². The summed E-state index contributed by atoms with van der Waals surface area (Å²) in [6, 6.07) is 0. The van der Waals surface area contributed by atoms with Crippen molar-refractivity contribution in [1.29, 1.82) is 0 Å². The first-order valence-corrected chi connectivity index (χ1v) is 10.0. The zero-order valence-corrected chi connectivity index (χ0v) is 15.1. The van der Waals surface area contributed by atoms with E-state index in [-0.39, 0.29) is 5.41 Å². The Hall–Kier alpha value is 0.150. The summed E-state index contributed by atoms with van der Waals surface area (Å²) in [4.78, 5) is 13.2. The summed E-state index contributed by atoms with van der Waals surface area (Å²) in [5, 5.41) is 0. The van der Waals surface area contributed by atoms with E-state index in [1.54, 1.807) is 0 Å². The molecule has 0 aromatic rings. The topological polar surface area (TPSA) is 17.1 Å². The minimum absolute atomic E-state index is 0.0526. The molecule has 0 heterocycles. The molecular weight excluding hydrogens is 324 g/mol. The van der Waals surface area contributed by atoms with Gasteiger partial charge in [0.05, 0.1) is 0 Å². The Kier molecular flexibility index (Phi) is 3.38. The Bertz CT molecular complexity index is 460. The highest BCUT2D eigenvalue weighted by molar-refractivity contribution is 9.09. The van der Waals surface area contributed by atoms with Crippen LogP contribution in [0.25, 0.3) is 0 Å². The number of halogens is 1. The van der Waals surface area contributed by atoms with Crippen molar-refractivity contribution in [2.75, 3.05) is 0 Å². The van der Waals surface area contributed by atoms with Gasteiger partial charge >= 0.3 is 0 Å². The zero-order valence-electron chi connectivity index (χ0n) is 13.5. The van der Waals surface area contributed by atoms with Crippen LogP contribution >= 0.6 is 15.9 Å². The van der Waals surface area contributed by atoms with Gasteiger partial charge in [0, 0.05) is 16.7 Å². The maximum atomic E-state index is 12.4. The molecule has 0 saturated heterocycles. The van der Waals surface area contributed by atoms with Crippen molar-refractivity contribution in [2.24, 2.45) is 34.5 Å². The first-order chi connectivity index (χ1) is 9.95. The van der Waals surface area contributed by atoms with Crippen LogP contribution in [-0.4, -0.2) is 10.6 Å². The molecule has 0 amide bonds. The Morgan fingerprint density at radius 3 is 2.62 bits per heavy atom. The van der Waals surface area contributed by atoms with Crippen molar-refractivity contribution in [2.45, 2.75) is 76.5 Å². The van der Waals surface area contributed by atoms with E-state index in [1.165, 1.54) is 51.4 Å². The minimum atomic E-state index is 0.0526. The fraction of sp³-hybridized carbons (Fsp3) is 0.947. The molecule has 4 aliphatic rings. The minimum Gasteiger partial charge on any atom is -0.299 e. The van der Waals surface area contributed by atoms with Crippen LogP contribution < -0.4 is 0 Å². The van der Waals surface area contributed by atoms with Gasteiger partial charge in [-0.15, -0.1) is 0 Å². The highest BCUT2D eigenvalue weighted by Crippen LogP contribution is 2.65. The fourth-order valence-electron chi connectivity index (χ4n) is 6.98. The number of Topliss-reactive ketones (excluding diaryl/α,β-unsaturated/α-hetero) is 1. The van der Waals surface area contributed by atoms with E-state index in [1.807, 2.05) is 0 Å². The molecule has 0 radical (unpaired) electrons. The van der Waals surface area contributed by atoms with Crippen molar-refractivity contribution in [1.82, 2.24) is 0 Å². The Labute approximate surface area is 137 Å². The first-order valence-electron chi connectivity index (χ1n) is 9.12. The normalized spacial score (nSPS) is 56.5. The number of carbonyl (C=O) groups is 1. The predicted octanol–water partition coefficient (Wildman–Crippen LogP) is 5.36. The number of alkyl halides is 1. The quantitative estimate of drug-likeness (QED) is 0.536. The average molecular weight is 353 g/mol. The molecule has 0 aromatic heterocycles. The molecule has 0 aliphatic heterocycles. The van der Waals surface area contributed by atoms with Crippen molar-refractivity contribution in [3.05, 3.63) is 0 Å². The number of fused-ring (bicyclic) bond motifs is 5. The number of hydrogen-bond donors (Lipinski definition) is 0. The third-order valence-corrected chi connectivity index (χ3v) is 9.14. The van der Waals surface area contributed by atoms with Gasteiger partial charge in [0.2, 0.25) is 0 Å². The molecule has 4 fully saturated rings. The van der Waals surface area contributed by atoms with Gasteiger partial charge in [0.25, 0.3) is 0 Å². The van der Waals surface area contributed by atoms with Crippen LogP contribution in [0.5, 0.6) is 0 Å². The van der Waals surface area contributed by atoms with Crippen molar-refractivity contribution < 1.29 is 4.79 Å². The molecule has 0 spiro atoms. The Balaban J connectivity index is 1.64. The summed E-state index contributed by atoms with van der Waals surface area (Å²) in [6.07, 6.45) is 11.5. The smallest absolute Gasteiger partial charge is 0.139 e. The lowest BCUT2D eigenvalue weighted by Gasteiger charge is -2.60. The molecule has 0 bridgehead atoms. The van der Waals surface area contributed by atoms with Gasteiger partial charge in [-0.25, -0.2) is 0 Å². The number of hydrogen-bond acceptors (Lipinski definition) is 1. The van der Waals surface area contributed by atoms with Gasteiger partial charge in [0.15, 0.2) is 0 Å². The van der Waals surface area contributed by atoms with Crippen molar-refractivity contribution in [3.63, 3.8) is 0 Å². The molecule has 0 aromatic carbocycles. The van der Waals surface area contributed by atoms with Crippen LogP contribution in [0.3, 0.4) is 0 Å². The molecule has 4 aliphatic carbocycles. The van der Waals surface area contributed by atoms with E-state index in [4.69, 9.17) is 0 Å². The van der Waals surface area contributed by atoms with E-state index < -0.39 is 0 Å². The first kappa shape index (κ1) is 14.7. The van der Waals surface area contributed by atoms with Crippen molar-refractivity contribution in [3.8, 4) is 0 Å². The van der Waals surface area contributed by atoms with Gasteiger partial charge in [-0.2, -0.15) is 0 Å². The largest absolute Gasteiger partial charge is 0.299 e. The molecular formula is C19H29BrO. The summed E-state index contributed by atoms with van der Waals surface area (Å²) >= 11 is 3.88. The third kappa shape index (κ3) is 1.96. The van der Waals surface area contributed by atoms with E-state index >= 15 is 0 Å². The van der Waals surface area contributed by atoms with Crippen LogP contribution in [0.15, 0.2) is 0 Å². The second kappa shape index (κ2) is 4.82. The number of ketones is 1. The van der Waals surface area contributed by atoms with Crippen LogP contribution in [0.2, 0.25) is 0 Å².